The fourth-order valence-electron chi connectivity index (χ4n) is 1.70. The van der Waals surface area contributed by atoms with Crippen LogP contribution in [0.25, 0.3) is 0 Å². The standard InChI is InChI=1S/C14H12Cl2O4S/c1-9-6-7-12(19-2)13(8-9)21(17,18)20-14-10(15)4-3-5-11(14)16/h3-8H,1-2H3. The van der Waals surface area contributed by atoms with Crippen molar-refractivity contribution in [1.82, 2.24) is 0 Å². The first-order chi connectivity index (χ1) is 9.85. The van der Waals surface area contributed by atoms with Crippen LogP contribution in [0.15, 0.2) is 41.3 Å². The minimum atomic E-state index is -4.12. The van der Waals surface area contributed by atoms with Crippen molar-refractivity contribution >= 4 is 33.3 Å². The van der Waals surface area contributed by atoms with E-state index in [-0.39, 0.29) is 26.4 Å². The molecule has 0 bridgehead atoms. The molecule has 0 atom stereocenters. The predicted octanol–water partition coefficient (Wildman–Crippen LogP) is 4.08. The number of ether oxygens (including phenoxy) is 1. The molecular weight excluding hydrogens is 335 g/mol. The molecule has 0 heterocycles. The van der Waals surface area contributed by atoms with E-state index in [1.54, 1.807) is 25.1 Å². The Morgan fingerprint density at radius 2 is 1.67 bits per heavy atom. The highest BCUT2D eigenvalue weighted by molar-refractivity contribution is 7.87. The van der Waals surface area contributed by atoms with Gasteiger partial charge in [0.2, 0.25) is 0 Å². The maximum Gasteiger partial charge on any atom is 0.343 e. The highest BCUT2D eigenvalue weighted by atomic mass is 35.5. The summed E-state index contributed by atoms with van der Waals surface area (Å²) in [4.78, 5) is -0.0824. The highest BCUT2D eigenvalue weighted by Gasteiger charge is 2.24. The molecule has 0 saturated heterocycles. The number of hydrogen-bond donors (Lipinski definition) is 0. The summed E-state index contributed by atoms with van der Waals surface area (Å²) in [6.07, 6.45) is 0. The Hall–Kier alpha value is -1.43. The molecule has 2 aromatic rings. The lowest BCUT2D eigenvalue weighted by Crippen LogP contribution is -2.12. The van der Waals surface area contributed by atoms with Gasteiger partial charge in [-0.1, -0.05) is 35.3 Å². The van der Waals surface area contributed by atoms with E-state index in [0.717, 1.165) is 5.56 Å². The fourth-order valence-corrected chi connectivity index (χ4v) is 3.48. The molecule has 0 radical (unpaired) electrons. The predicted molar refractivity (Wildman–Crippen MR) is 82.0 cm³/mol. The summed E-state index contributed by atoms with van der Waals surface area (Å²) < 4.78 is 35.0. The number of methoxy groups -OCH3 is 1. The molecule has 0 N–H and O–H groups in total. The Bertz CT molecular complexity index is 752. The maximum atomic E-state index is 12.4. The van der Waals surface area contributed by atoms with Crippen LogP contribution in [0, 0.1) is 6.92 Å². The van der Waals surface area contributed by atoms with E-state index in [4.69, 9.17) is 32.1 Å². The highest BCUT2D eigenvalue weighted by Crippen LogP contribution is 2.36. The van der Waals surface area contributed by atoms with Gasteiger partial charge in [0.15, 0.2) is 5.75 Å². The largest absolute Gasteiger partial charge is 0.495 e. The minimum absolute atomic E-state index is 0.0824. The van der Waals surface area contributed by atoms with Crippen molar-refractivity contribution in [2.75, 3.05) is 7.11 Å². The van der Waals surface area contributed by atoms with Crippen LogP contribution in [-0.4, -0.2) is 15.5 Å². The summed E-state index contributed by atoms with van der Waals surface area (Å²) in [5.41, 5.74) is 0.753. The molecule has 0 amide bonds. The summed E-state index contributed by atoms with van der Waals surface area (Å²) >= 11 is 11.8. The summed E-state index contributed by atoms with van der Waals surface area (Å²) in [6, 6.07) is 9.33. The summed E-state index contributed by atoms with van der Waals surface area (Å²) in [7, 11) is -2.74. The topological polar surface area (TPSA) is 52.6 Å². The molecule has 21 heavy (non-hydrogen) atoms. The van der Waals surface area contributed by atoms with E-state index in [0.29, 0.717) is 0 Å². The number of aryl methyl sites for hydroxylation is 1. The summed E-state index contributed by atoms with van der Waals surface area (Å²) in [5, 5.41) is 0.218. The second-order valence-corrected chi connectivity index (χ2v) is 6.57. The lowest BCUT2D eigenvalue weighted by atomic mass is 10.2. The number of halogens is 2. The van der Waals surface area contributed by atoms with E-state index >= 15 is 0 Å². The Morgan fingerprint density at radius 3 is 2.24 bits per heavy atom. The van der Waals surface area contributed by atoms with Gasteiger partial charge in [-0.15, -0.1) is 0 Å². The SMILES string of the molecule is COc1ccc(C)cc1S(=O)(=O)Oc1c(Cl)cccc1Cl. The summed E-state index contributed by atoms with van der Waals surface area (Å²) in [5.74, 6) is 0.0770. The Labute approximate surface area is 133 Å². The lowest BCUT2D eigenvalue weighted by molar-refractivity contribution is 0.398. The zero-order valence-electron chi connectivity index (χ0n) is 11.3. The minimum Gasteiger partial charge on any atom is -0.495 e. The molecule has 0 aromatic heterocycles. The Kier molecular flexibility index (Phi) is 4.66. The zero-order valence-corrected chi connectivity index (χ0v) is 13.6. The van der Waals surface area contributed by atoms with Gasteiger partial charge in [-0.2, -0.15) is 8.42 Å². The molecule has 0 aliphatic carbocycles. The molecule has 0 saturated carbocycles. The quantitative estimate of drug-likeness (QED) is 0.782. The molecule has 0 fully saturated rings. The van der Waals surface area contributed by atoms with E-state index in [9.17, 15) is 8.42 Å². The maximum absolute atomic E-state index is 12.4. The van der Waals surface area contributed by atoms with Crippen LogP contribution in [0.1, 0.15) is 5.56 Å². The number of benzene rings is 2. The van der Waals surface area contributed by atoms with E-state index in [1.165, 1.54) is 25.3 Å². The molecule has 112 valence electrons. The first-order valence-corrected chi connectivity index (χ1v) is 8.04. The second kappa shape index (κ2) is 6.13. The molecule has 0 unspecified atom stereocenters. The molecule has 0 spiro atoms. The molecule has 7 heteroatoms. The van der Waals surface area contributed by atoms with E-state index in [2.05, 4.69) is 0 Å². The van der Waals surface area contributed by atoms with Gasteiger partial charge in [-0.3, -0.25) is 0 Å². The first-order valence-electron chi connectivity index (χ1n) is 5.88. The van der Waals surface area contributed by atoms with Gasteiger partial charge in [0.1, 0.15) is 10.6 Å². The molecule has 2 rings (SSSR count). The van der Waals surface area contributed by atoms with Crippen molar-refractivity contribution in [1.29, 1.82) is 0 Å². The first kappa shape index (κ1) is 15.9. The summed E-state index contributed by atoms with van der Waals surface area (Å²) in [6.45, 7) is 1.76. The molecule has 4 nitrogen and oxygen atoms in total. The van der Waals surface area contributed by atoms with Crippen LogP contribution in [-0.2, 0) is 10.1 Å². The third kappa shape index (κ3) is 3.43. The van der Waals surface area contributed by atoms with Crippen LogP contribution < -0.4 is 8.92 Å². The van der Waals surface area contributed by atoms with Crippen molar-refractivity contribution in [2.45, 2.75) is 11.8 Å². The van der Waals surface area contributed by atoms with E-state index < -0.39 is 10.1 Å². The van der Waals surface area contributed by atoms with Gasteiger partial charge in [0, 0.05) is 0 Å². The van der Waals surface area contributed by atoms with Gasteiger partial charge < -0.3 is 8.92 Å². The van der Waals surface area contributed by atoms with Gasteiger partial charge in [-0.05, 0) is 36.8 Å². The Morgan fingerprint density at radius 1 is 1.05 bits per heavy atom. The zero-order chi connectivity index (χ0) is 15.6. The molecule has 0 aliphatic rings. The van der Waals surface area contributed by atoms with Crippen molar-refractivity contribution in [3.05, 3.63) is 52.0 Å². The van der Waals surface area contributed by atoms with Gasteiger partial charge in [0.05, 0.1) is 17.2 Å². The van der Waals surface area contributed by atoms with Gasteiger partial charge in [-0.25, -0.2) is 0 Å². The fraction of sp³-hybridized carbons (Fsp3) is 0.143. The second-order valence-electron chi connectivity index (χ2n) is 4.24. The third-order valence-corrected chi connectivity index (χ3v) is 4.54. The van der Waals surface area contributed by atoms with Crippen LogP contribution in [0.4, 0.5) is 0 Å². The molecular formula is C14H12Cl2O4S. The monoisotopic (exact) mass is 346 g/mol. The normalized spacial score (nSPS) is 11.2. The van der Waals surface area contributed by atoms with Crippen LogP contribution in [0.2, 0.25) is 10.0 Å². The number of para-hydroxylation sites is 1. The van der Waals surface area contributed by atoms with Crippen molar-refractivity contribution in [3.63, 3.8) is 0 Å². The van der Waals surface area contributed by atoms with Crippen molar-refractivity contribution in [3.8, 4) is 11.5 Å². The van der Waals surface area contributed by atoms with Crippen molar-refractivity contribution < 1.29 is 17.3 Å². The molecule has 0 aliphatic heterocycles. The lowest BCUT2D eigenvalue weighted by Gasteiger charge is -2.13. The number of hydrogen-bond acceptors (Lipinski definition) is 4. The van der Waals surface area contributed by atoms with Crippen LogP contribution in [0.3, 0.4) is 0 Å². The van der Waals surface area contributed by atoms with Crippen molar-refractivity contribution in [2.24, 2.45) is 0 Å². The van der Waals surface area contributed by atoms with Crippen LogP contribution >= 0.6 is 23.2 Å². The van der Waals surface area contributed by atoms with Gasteiger partial charge in [0.25, 0.3) is 0 Å². The van der Waals surface area contributed by atoms with Crippen LogP contribution in [0.5, 0.6) is 11.5 Å². The Balaban J connectivity index is 2.51. The van der Waals surface area contributed by atoms with Gasteiger partial charge >= 0.3 is 10.1 Å². The third-order valence-electron chi connectivity index (χ3n) is 2.70. The molecule has 2 aromatic carbocycles. The average Bonchev–Trinajstić information content (AvgIpc) is 2.43. The van der Waals surface area contributed by atoms with E-state index in [1.807, 2.05) is 0 Å². The average molecular weight is 347 g/mol. The smallest absolute Gasteiger partial charge is 0.343 e. The number of rotatable bonds is 4.